The minimum atomic E-state index is -0.395. The van der Waals surface area contributed by atoms with E-state index in [1.165, 1.54) is 6.07 Å². The molecule has 0 spiro atoms. The lowest BCUT2D eigenvalue weighted by Crippen LogP contribution is -2.01. The number of nitro groups is 1. The van der Waals surface area contributed by atoms with Gasteiger partial charge < -0.3 is 5.73 Å². The number of aromatic nitrogens is 2. The molecule has 1 aromatic carbocycles. The maximum absolute atomic E-state index is 10.7. The van der Waals surface area contributed by atoms with Gasteiger partial charge in [0.25, 0.3) is 5.69 Å². The zero-order chi connectivity index (χ0) is 12.4. The van der Waals surface area contributed by atoms with Crippen LogP contribution in [0.25, 0.3) is 5.69 Å². The molecule has 0 bridgehead atoms. The highest BCUT2D eigenvalue weighted by Crippen LogP contribution is 2.20. The zero-order valence-corrected chi connectivity index (χ0v) is 9.33. The van der Waals surface area contributed by atoms with E-state index in [-0.39, 0.29) is 5.69 Å². The third-order valence-electron chi connectivity index (χ3n) is 2.50. The standard InChI is InChI=1S/C11H12N4O2/c1-8-6-10(2-3-11(8)15(16)17)14-5-4-9(7-12)13-14/h2-6H,7,12H2,1H3. The number of nitrogens with two attached hydrogens (primary N) is 1. The van der Waals surface area contributed by atoms with E-state index in [0.717, 1.165) is 11.4 Å². The summed E-state index contributed by atoms with van der Waals surface area (Å²) in [7, 11) is 0. The van der Waals surface area contributed by atoms with Crippen LogP contribution in [0.15, 0.2) is 30.5 Å². The van der Waals surface area contributed by atoms with Crippen LogP contribution in [0.4, 0.5) is 5.69 Å². The summed E-state index contributed by atoms with van der Waals surface area (Å²) in [6.45, 7) is 2.08. The topological polar surface area (TPSA) is 87.0 Å². The zero-order valence-electron chi connectivity index (χ0n) is 9.33. The molecule has 0 saturated carbocycles. The lowest BCUT2D eigenvalue weighted by atomic mass is 10.2. The second-order valence-electron chi connectivity index (χ2n) is 3.68. The van der Waals surface area contributed by atoms with Crippen molar-refractivity contribution in [3.05, 3.63) is 51.8 Å². The summed E-state index contributed by atoms with van der Waals surface area (Å²) in [5.74, 6) is 0. The fourth-order valence-corrected chi connectivity index (χ4v) is 1.60. The third-order valence-corrected chi connectivity index (χ3v) is 2.50. The maximum atomic E-state index is 10.7. The Bertz CT molecular complexity index is 562. The molecule has 0 atom stereocenters. The van der Waals surface area contributed by atoms with Crippen molar-refractivity contribution in [3.63, 3.8) is 0 Å². The molecule has 17 heavy (non-hydrogen) atoms. The number of hydrogen-bond acceptors (Lipinski definition) is 4. The van der Waals surface area contributed by atoms with Gasteiger partial charge in [-0.25, -0.2) is 4.68 Å². The molecule has 0 saturated heterocycles. The average Bonchev–Trinajstić information content (AvgIpc) is 2.76. The first kappa shape index (κ1) is 11.3. The van der Waals surface area contributed by atoms with Crippen molar-refractivity contribution in [2.45, 2.75) is 13.5 Å². The molecule has 6 heteroatoms. The van der Waals surface area contributed by atoms with Gasteiger partial charge in [0.2, 0.25) is 0 Å². The van der Waals surface area contributed by atoms with E-state index >= 15 is 0 Å². The molecular weight excluding hydrogens is 220 g/mol. The van der Waals surface area contributed by atoms with Crippen molar-refractivity contribution < 1.29 is 4.92 Å². The Morgan fingerprint density at radius 2 is 2.24 bits per heavy atom. The van der Waals surface area contributed by atoms with E-state index in [1.54, 1.807) is 29.9 Å². The molecule has 6 nitrogen and oxygen atoms in total. The third kappa shape index (κ3) is 2.16. The molecule has 0 unspecified atom stereocenters. The Morgan fingerprint density at radius 1 is 1.47 bits per heavy atom. The summed E-state index contributed by atoms with van der Waals surface area (Å²) in [5.41, 5.74) is 7.75. The maximum Gasteiger partial charge on any atom is 0.272 e. The molecular formula is C11H12N4O2. The minimum absolute atomic E-state index is 0.111. The van der Waals surface area contributed by atoms with E-state index in [4.69, 9.17) is 5.73 Å². The number of aryl methyl sites for hydroxylation is 1. The number of nitrogens with zero attached hydrogens (tertiary/aromatic N) is 3. The van der Waals surface area contributed by atoms with E-state index in [9.17, 15) is 10.1 Å². The monoisotopic (exact) mass is 232 g/mol. The van der Waals surface area contributed by atoms with E-state index in [0.29, 0.717) is 12.1 Å². The van der Waals surface area contributed by atoms with Crippen molar-refractivity contribution in [2.75, 3.05) is 0 Å². The van der Waals surface area contributed by atoms with Gasteiger partial charge in [-0.3, -0.25) is 10.1 Å². The number of hydrogen-bond donors (Lipinski definition) is 1. The van der Waals surface area contributed by atoms with Crippen LogP contribution in [0.5, 0.6) is 0 Å². The second kappa shape index (κ2) is 4.34. The quantitative estimate of drug-likeness (QED) is 0.642. The van der Waals surface area contributed by atoms with E-state index < -0.39 is 4.92 Å². The average molecular weight is 232 g/mol. The van der Waals surface area contributed by atoms with Crippen LogP contribution in [-0.4, -0.2) is 14.7 Å². The Balaban J connectivity index is 2.40. The molecule has 0 aliphatic carbocycles. The van der Waals surface area contributed by atoms with Gasteiger partial charge in [-0.2, -0.15) is 5.10 Å². The number of benzene rings is 1. The van der Waals surface area contributed by atoms with Crippen LogP contribution in [0, 0.1) is 17.0 Å². The molecule has 2 aromatic rings. The molecule has 0 aliphatic rings. The summed E-state index contributed by atoms with van der Waals surface area (Å²) in [4.78, 5) is 10.3. The number of rotatable bonds is 3. The molecule has 0 aliphatic heterocycles. The highest BCUT2D eigenvalue weighted by Gasteiger charge is 2.11. The summed E-state index contributed by atoms with van der Waals surface area (Å²) < 4.78 is 1.65. The molecule has 1 heterocycles. The SMILES string of the molecule is Cc1cc(-n2ccc(CN)n2)ccc1[N+](=O)[O-]. The highest BCUT2D eigenvalue weighted by atomic mass is 16.6. The molecule has 1 aromatic heterocycles. The first-order chi connectivity index (χ1) is 8.11. The Labute approximate surface area is 97.8 Å². The highest BCUT2D eigenvalue weighted by molar-refractivity contribution is 5.47. The van der Waals surface area contributed by atoms with Crippen molar-refractivity contribution in [3.8, 4) is 5.69 Å². The Kier molecular flexibility index (Phi) is 2.88. The normalized spacial score (nSPS) is 10.5. The van der Waals surface area contributed by atoms with Crippen LogP contribution < -0.4 is 5.73 Å². The molecule has 2 N–H and O–H groups in total. The van der Waals surface area contributed by atoms with Crippen molar-refractivity contribution in [1.82, 2.24) is 9.78 Å². The van der Waals surface area contributed by atoms with E-state index in [2.05, 4.69) is 5.10 Å². The number of nitro benzene ring substituents is 1. The summed E-state index contributed by atoms with van der Waals surface area (Å²) >= 11 is 0. The minimum Gasteiger partial charge on any atom is -0.325 e. The summed E-state index contributed by atoms with van der Waals surface area (Å²) in [5, 5.41) is 14.9. The van der Waals surface area contributed by atoms with Gasteiger partial charge in [-0.15, -0.1) is 0 Å². The van der Waals surface area contributed by atoms with Crippen molar-refractivity contribution in [1.29, 1.82) is 0 Å². The predicted molar refractivity (Wildman–Crippen MR) is 62.8 cm³/mol. The molecule has 2 rings (SSSR count). The van der Waals surface area contributed by atoms with Crippen LogP contribution in [0.2, 0.25) is 0 Å². The van der Waals surface area contributed by atoms with Gasteiger partial charge in [0.05, 0.1) is 16.3 Å². The van der Waals surface area contributed by atoms with Crippen LogP contribution >= 0.6 is 0 Å². The fraction of sp³-hybridized carbons (Fsp3) is 0.182. The smallest absolute Gasteiger partial charge is 0.272 e. The predicted octanol–water partition coefficient (Wildman–Crippen LogP) is 1.55. The summed E-state index contributed by atoms with van der Waals surface area (Å²) in [6, 6.07) is 6.69. The Hall–Kier alpha value is -2.21. The molecule has 0 fully saturated rings. The van der Waals surface area contributed by atoms with E-state index in [1.807, 2.05) is 6.07 Å². The van der Waals surface area contributed by atoms with Crippen LogP contribution in [0.3, 0.4) is 0 Å². The molecule has 88 valence electrons. The van der Waals surface area contributed by atoms with Gasteiger partial charge in [-0.1, -0.05) is 0 Å². The Morgan fingerprint density at radius 3 is 2.76 bits per heavy atom. The van der Waals surface area contributed by atoms with Crippen LogP contribution in [-0.2, 0) is 6.54 Å². The van der Waals surface area contributed by atoms with Crippen molar-refractivity contribution in [2.24, 2.45) is 5.73 Å². The lowest BCUT2D eigenvalue weighted by Gasteiger charge is -2.03. The summed E-state index contributed by atoms with van der Waals surface area (Å²) in [6.07, 6.45) is 1.78. The van der Waals surface area contributed by atoms with Gasteiger partial charge in [0.1, 0.15) is 0 Å². The van der Waals surface area contributed by atoms with Gasteiger partial charge in [0.15, 0.2) is 0 Å². The van der Waals surface area contributed by atoms with Gasteiger partial charge in [0, 0.05) is 24.4 Å². The molecule has 0 radical (unpaired) electrons. The molecule has 0 amide bonds. The van der Waals surface area contributed by atoms with Gasteiger partial charge in [-0.05, 0) is 25.1 Å². The van der Waals surface area contributed by atoms with Gasteiger partial charge >= 0.3 is 0 Å². The lowest BCUT2D eigenvalue weighted by molar-refractivity contribution is -0.385. The fourth-order valence-electron chi connectivity index (χ4n) is 1.60. The second-order valence-corrected chi connectivity index (χ2v) is 3.68. The largest absolute Gasteiger partial charge is 0.325 e. The first-order valence-corrected chi connectivity index (χ1v) is 5.12. The van der Waals surface area contributed by atoms with Crippen LogP contribution in [0.1, 0.15) is 11.3 Å². The van der Waals surface area contributed by atoms with Crippen molar-refractivity contribution >= 4 is 5.69 Å². The first-order valence-electron chi connectivity index (χ1n) is 5.12.